The molecular weight excluding hydrogens is 394 g/mol. The van der Waals surface area contributed by atoms with Crippen LogP contribution in [0.15, 0.2) is 0 Å². The molecule has 0 saturated carbocycles. The molecule has 0 radical (unpaired) electrons. The first-order valence-corrected chi connectivity index (χ1v) is 8.98. The van der Waals surface area contributed by atoms with Crippen molar-refractivity contribution in [3.8, 4) is 0 Å². The zero-order valence-corrected chi connectivity index (χ0v) is 16.5. The molecule has 0 fully saturated rings. The molecular formula is C12H26Cl2Hf. The van der Waals surface area contributed by atoms with Crippen LogP contribution in [0.2, 0.25) is 6.34 Å². The number of halogens is 2. The molecule has 3 heteroatoms. The minimum Gasteiger partial charge on any atom is -1.00 e. The van der Waals surface area contributed by atoms with Crippen molar-refractivity contribution in [2.45, 2.75) is 61.7 Å². The number of hydrogen-bond donors (Lipinski definition) is 0. The van der Waals surface area contributed by atoms with Gasteiger partial charge in [0.2, 0.25) is 0 Å². The van der Waals surface area contributed by atoms with Crippen molar-refractivity contribution in [2.24, 2.45) is 11.8 Å². The Morgan fingerprint density at radius 1 is 0.667 bits per heavy atom. The molecule has 0 bridgehead atoms. The zero-order chi connectivity index (χ0) is 10.9. The molecule has 0 heterocycles. The fraction of sp³-hybridized carbons (Fsp3) is 1.00. The molecule has 0 spiro atoms. The second kappa shape index (κ2) is 7.71. The van der Waals surface area contributed by atoms with E-state index in [-0.39, 0.29) is 24.8 Å². The fourth-order valence-electron chi connectivity index (χ4n) is 1.12. The van der Waals surface area contributed by atoms with Gasteiger partial charge >= 0.3 is 96.5 Å². The molecule has 0 saturated heterocycles. The van der Waals surface area contributed by atoms with Crippen LogP contribution in [0.5, 0.6) is 0 Å². The van der Waals surface area contributed by atoms with Crippen LogP contribution >= 0.6 is 0 Å². The van der Waals surface area contributed by atoms with Gasteiger partial charge in [-0.25, -0.2) is 0 Å². The molecule has 0 aromatic carbocycles. The van der Waals surface area contributed by atoms with E-state index in [2.05, 4.69) is 55.4 Å². The Bertz CT molecular complexity index is 145. The van der Waals surface area contributed by atoms with Gasteiger partial charge in [0.25, 0.3) is 0 Å². The summed E-state index contributed by atoms with van der Waals surface area (Å²) in [5.74, 6) is 1.71. The van der Waals surface area contributed by atoms with Gasteiger partial charge in [0.05, 0.1) is 0 Å². The van der Waals surface area contributed by atoms with E-state index in [9.17, 15) is 0 Å². The maximum absolute atomic E-state index is 2.48. The molecule has 15 heavy (non-hydrogen) atoms. The normalized spacial score (nSPS) is 11.9. The standard InChI is InChI=1S/2C6H13.2ClH.Hf/c2*1-5(2)6(3)4;;;/h2*5H,1-4H3;2*1H;/q;;;;+2/p-2. The van der Waals surface area contributed by atoms with Gasteiger partial charge in [-0.05, 0) is 0 Å². The third kappa shape index (κ3) is 7.39. The Hall–Kier alpha value is 1.45. The zero-order valence-electron chi connectivity index (χ0n) is 11.4. The molecule has 0 aliphatic rings. The van der Waals surface area contributed by atoms with Crippen molar-refractivity contribution >= 4 is 0 Å². The molecule has 0 rings (SSSR count). The molecule has 92 valence electrons. The molecule has 0 unspecified atom stereocenters. The third-order valence-electron chi connectivity index (χ3n) is 3.53. The van der Waals surface area contributed by atoms with E-state index in [4.69, 9.17) is 0 Å². The van der Waals surface area contributed by atoms with Crippen LogP contribution in [0.4, 0.5) is 0 Å². The Morgan fingerprint density at radius 3 is 1.00 bits per heavy atom. The molecule has 0 amide bonds. The van der Waals surface area contributed by atoms with Gasteiger partial charge in [0.1, 0.15) is 0 Å². The van der Waals surface area contributed by atoms with Crippen molar-refractivity contribution in [3.63, 3.8) is 0 Å². The predicted molar refractivity (Wildman–Crippen MR) is 57.8 cm³/mol. The topological polar surface area (TPSA) is 0 Å². The van der Waals surface area contributed by atoms with E-state index >= 15 is 0 Å². The summed E-state index contributed by atoms with van der Waals surface area (Å²) in [7, 11) is 0. The monoisotopic (exact) mass is 420 g/mol. The largest absolute Gasteiger partial charge is 1.00 e. The SMILES string of the molecule is CC(C)[C](C)(C)[Hf+2][C](C)(C)C(C)C.[Cl-].[Cl-]. The molecule has 0 aliphatic carbocycles. The van der Waals surface area contributed by atoms with Crippen molar-refractivity contribution in [3.05, 3.63) is 0 Å². The van der Waals surface area contributed by atoms with Gasteiger partial charge in [-0.15, -0.1) is 0 Å². The Morgan fingerprint density at radius 2 is 0.867 bits per heavy atom. The maximum atomic E-state index is 2.48. The Kier molecular flexibility index (Phi) is 11.2. The van der Waals surface area contributed by atoms with Gasteiger partial charge in [-0.1, -0.05) is 0 Å². The van der Waals surface area contributed by atoms with Crippen molar-refractivity contribution in [1.29, 1.82) is 0 Å². The maximum Gasteiger partial charge on any atom is -1.00 e. The summed E-state index contributed by atoms with van der Waals surface area (Å²) in [5.41, 5.74) is 0. The summed E-state index contributed by atoms with van der Waals surface area (Å²) in [5, 5.41) is 0. The third-order valence-corrected chi connectivity index (χ3v) is 12.3. The second-order valence-corrected chi connectivity index (χ2v) is 16.0. The second-order valence-electron chi connectivity index (χ2n) is 5.88. The molecule has 0 atom stereocenters. The Balaban J connectivity index is -0.000000720. The van der Waals surface area contributed by atoms with Gasteiger partial charge in [0.15, 0.2) is 0 Å². The first kappa shape index (κ1) is 21.7. The average Bonchev–Trinajstić information content (AvgIpc) is 1.83. The first-order chi connectivity index (χ1) is 5.59. The van der Waals surface area contributed by atoms with Crippen LogP contribution in [-0.2, 0) is 22.9 Å². The quantitative estimate of drug-likeness (QED) is 0.502. The Labute approximate surface area is 121 Å². The summed E-state index contributed by atoms with van der Waals surface area (Å²) in [6.45, 7) is 19.4. The van der Waals surface area contributed by atoms with E-state index in [1.165, 1.54) is 0 Å². The fourth-order valence-corrected chi connectivity index (χ4v) is 9.16. The summed E-state index contributed by atoms with van der Waals surface area (Å²) in [6, 6.07) is 0. The van der Waals surface area contributed by atoms with E-state index < -0.39 is 22.9 Å². The van der Waals surface area contributed by atoms with Crippen molar-refractivity contribution in [1.82, 2.24) is 0 Å². The molecule has 0 N–H and O–H groups in total. The van der Waals surface area contributed by atoms with Gasteiger partial charge in [-0.3, -0.25) is 0 Å². The summed E-state index contributed by atoms with van der Waals surface area (Å²) in [4.78, 5) is 0. The predicted octanol–water partition coefficient (Wildman–Crippen LogP) is -1.21. The van der Waals surface area contributed by atoms with E-state index in [0.717, 1.165) is 11.8 Å². The number of rotatable bonds is 4. The molecule has 0 aromatic rings. The summed E-state index contributed by atoms with van der Waals surface area (Å²) < 4.78 is 1.32. The van der Waals surface area contributed by atoms with Gasteiger partial charge < -0.3 is 24.8 Å². The average molecular weight is 420 g/mol. The van der Waals surface area contributed by atoms with Gasteiger partial charge in [0, 0.05) is 0 Å². The van der Waals surface area contributed by atoms with Crippen molar-refractivity contribution < 1.29 is 47.7 Å². The minimum atomic E-state index is -0.565. The minimum absolute atomic E-state index is 0. The molecule has 0 aliphatic heterocycles. The van der Waals surface area contributed by atoms with Crippen LogP contribution in [-0.4, -0.2) is 0 Å². The summed E-state index contributed by atoms with van der Waals surface area (Å²) in [6.07, 6.45) is 0. The van der Waals surface area contributed by atoms with Gasteiger partial charge in [-0.2, -0.15) is 0 Å². The molecule has 0 nitrogen and oxygen atoms in total. The first-order valence-electron chi connectivity index (χ1n) is 5.39. The van der Waals surface area contributed by atoms with Crippen LogP contribution in [0, 0.1) is 11.8 Å². The molecule has 0 aromatic heterocycles. The number of hydrogen-bond acceptors (Lipinski definition) is 0. The van der Waals surface area contributed by atoms with Crippen LogP contribution in [0.1, 0.15) is 55.4 Å². The van der Waals surface area contributed by atoms with Crippen LogP contribution in [0.25, 0.3) is 0 Å². The van der Waals surface area contributed by atoms with E-state index in [0.29, 0.717) is 6.34 Å². The van der Waals surface area contributed by atoms with E-state index in [1.807, 2.05) is 0 Å². The van der Waals surface area contributed by atoms with Crippen molar-refractivity contribution in [2.75, 3.05) is 0 Å². The smallest absolute Gasteiger partial charge is 1.00 e. The van der Waals surface area contributed by atoms with E-state index in [1.54, 1.807) is 0 Å². The van der Waals surface area contributed by atoms with Crippen LogP contribution in [0.3, 0.4) is 0 Å². The van der Waals surface area contributed by atoms with Crippen LogP contribution < -0.4 is 24.8 Å². The summed E-state index contributed by atoms with van der Waals surface area (Å²) >= 11 is -0.565.